The van der Waals surface area contributed by atoms with Gasteiger partial charge in [0.15, 0.2) is 5.76 Å². The lowest BCUT2D eigenvalue weighted by molar-refractivity contribution is 0.179. The number of nitrogens with two attached hydrogens (primary N) is 1. The smallest absolute Gasteiger partial charge is 0.159 e. The molecule has 0 radical (unpaired) electrons. The fraction of sp³-hybridized carbons (Fsp3) is 0.263. The van der Waals surface area contributed by atoms with Crippen LogP contribution in [0.4, 0.5) is 0 Å². The van der Waals surface area contributed by atoms with E-state index in [4.69, 9.17) is 19.9 Å². The first-order chi connectivity index (χ1) is 11.3. The second-order valence-electron chi connectivity index (χ2n) is 5.54. The van der Waals surface area contributed by atoms with Crippen LogP contribution in [-0.4, -0.2) is 12.6 Å². The molecule has 1 heterocycles. The third-order valence-corrected chi connectivity index (χ3v) is 3.67. The highest BCUT2D eigenvalue weighted by Gasteiger charge is 2.19. The lowest BCUT2D eigenvalue weighted by Crippen LogP contribution is -2.32. The molecule has 2 aliphatic rings. The van der Waals surface area contributed by atoms with Gasteiger partial charge in [-0.1, -0.05) is 42.0 Å². The first-order valence-corrected chi connectivity index (χ1v) is 7.81. The van der Waals surface area contributed by atoms with Crippen molar-refractivity contribution in [3.05, 3.63) is 78.2 Å². The molecule has 1 aliphatic carbocycles. The number of ether oxygens (including phenoxy) is 3. The van der Waals surface area contributed by atoms with Crippen molar-refractivity contribution in [3.63, 3.8) is 0 Å². The van der Waals surface area contributed by atoms with Gasteiger partial charge in [0.2, 0.25) is 0 Å². The molecule has 1 atom stereocenters. The van der Waals surface area contributed by atoms with Crippen LogP contribution in [0, 0.1) is 0 Å². The maximum absolute atomic E-state index is 6.14. The van der Waals surface area contributed by atoms with Crippen molar-refractivity contribution >= 4 is 0 Å². The van der Waals surface area contributed by atoms with E-state index >= 15 is 0 Å². The summed E-state index contributed by atoms with van der Waals surface area (Å²) in [5.41, 5.74) is 7.47. The Morgan fingerprint density at radius 3 is 2.83 bits per heavy atom. The lowest BCUT2D eigenvalue weighted by Gasteiger charge is -2.22. The van der Waals surface area contributed by atoms with Gasteiger partial charge in [0.05, 0.1) is 0 Å². The van der Waals surface area contributed by atoms with Crippen molar-refractivity contribution in [1.82, 2.24) is 0 Å². The summed E-state index contributed by atoms with van der Waals surface area (Å²) in [6.07, 6.45) is 12.4. The van der Waals surface area contributed by atoms with E-state index in [0.29, 0.717) is 12.4 Å². The Bertz CT molecular complexity index is 644. The fourth-order valence-corrected chi connectivity index (χ4v) is 2.43. The first-order valence-electron chi connectivity index (χ1n) is 7.81. The minimum atomic E-state index is -0.376. The van der Waals surface area contributed by atoms with Gasteiger partial charge in [0, 0.05) is 6.42 Å². The predicted molar refractivity (Wildman–Crippen MR) is 89.3 cm³/mol. The van der Waals surface area contributed by atoms with E-state index in [1.54, 1.807) is 6.26 Å². The number of rotatable bonds is 6. The number of benzene rings is 1. The van der Waals surface area contributed by atoms with E-state index in [1.165, 1.54) is 11.8 Å². The lowest BCUT2D eigenvalue weighted by atomic mass is 10.0. The van der Waals surface area contributed by atoms with Gasteiger partial charge in [-0.25, -0.2) is 0 Å². The van der Waals surface area contributed by atoms with Crippen molar-refractivity contribution in [2.45, 2.75) is 25.3 Å². The quantitative estimate of drug-likeness (QED) is 0.868. The van der Waals surface area contributed by atoms with Gasteiger partial charge < -0.3 is 19.9 Å². The van der Waals surface area contributed by atoms with Crippen LogP contribution in [0.2, 0.25) is 0 Å². The molecule has 2 N–H and O–H groups in total. The van der Waals surface area contributed by atoms with Crippen LogP contribution in [0.5, 0.6) is 5.75 Å². The van der Waals surface area contributed by atoms with Crippen molar-refractivity contribution in [3.8, 4) is 5.75 Å². The Hall–Kier alpha value is -2.46. The van der Waals surface area contributed by atoms with Gasteiger partial charge in [-0.3, -0.25) is 0 Å². The topological polar surface area (TPSA) is 53.7 Å². The molecule has 4 nitrogen and oxygen atoms in total. The molecular formula is C19H21NO3. The van der Waals surface area contributed by atoms with Crippen LogP contribution in [0.3, 0.4) is 0 Å². The Morgan fingerprint density at radius 1 is 1.17 bits per heavy atom. The number of para-hydroxylation sites is 1. The van der Waals surface area contributed by atoms with Gasteiger partial charge in [-0.15, -0.1) is 0 Å². The monoisotopic (exact) mass is 311 g/mol. The molecule has 1 aromatic rings. The summed E-state index contributed by atoms with van der Waals surface area (Å²) < 4.78 is 16.9. The largest absolute Gasteiger partial charge is 0.491 e. The van der Waals surface area contributed by atoms with E-state index in [1.807, 2.05) is 30.3 Å². The molecule has 1 unspecified atom stereocenters. The third kappa shape index (κ3) is 4.50. The zero-order chi connectivity index (χ0) is 15.9. The number of allylic oxidation sites excluding steroid dienone is 4. The highest BCUT2D eigenvalue weighted by molar-refractivity contribution is 5.23. The summed E-state index contributed by atoms with van der Waals surface area (Å²) in [7, 11) is 0. The maximum atomic E-state index is 6.14. The van der Waals surface area contributed by atoms with Gasteiger partial charge in [0.25, 0.3) is 0 Å². The fourth-order valence-electron chi connectivity index (χ4n) is 2.43. The molecule has 1 aliphatic heterocycles. The minimum Gasteiger partial charge on any atom is -0.491 e. The van der Waals surface area contributed by atoms with Crippen LogP contribution in [0.1, 0.15) is 19.3 Å². The average molecular weight is 311 g/mol. The summed E-state index contributed by atoms with van der Waals surface area (Å²) >= 11 is 0. The SMILES string of the molecule is NC(COc1ccccc1)C1=COC=C(CC2=CC=CCC2)O1. The van der Waals surface area contributed by atoms with Crippen LogP contribution < -0.4 is 10.5 Å². The van der Waals surface area contributed by atoms with E-state index in [9.17, 15) is 0 Å². The maximum Gasteiger partial charge on any atom is 0.159 e. The van der Waals surface area contributed by atoms with Gasteiger partial charge in [0.1, 0.15) is 36.7 Å². The highest BCUT2D eigenvalue weighted by Crippen LogP contribution is 2.25. The molecule has 23 heavy (non-hydrogen) atoms. The van der Waals surface area contributed by atoms with Gasteiger partial charge >= 0.3 is 0 Å². The number of hydrogen-bond donors (Lipinski definition) is 1. The second kappa shape index (κ2) is 7.70. The molecule has 0 bridgehead atoms. The molecule has 0 saturated carbocycles. The summed E-state index contributed by atoms with van der Waals surface area (Å²) in [6.45, 7) is 0.331. The van der Waals surface area contributed by atoms with E-state index in [-0.39, 0.29) is 6.04 Å². The van der Waals surface area contributed by atoms with E-state index < -0.39 is 0 Å². The van der Waals surface area contributed by atoms with Crippen LogP contribution in [0.15, 0.2) is 78.2 Å². The Kier molecular flexibility index (Phi) is 5.17. The molecule has 3 rings (SSSR count). The normalized spacial score (nSPS) is 18.0. The Morgan fingerprint density at radius 2 is 2.04 bits per heavy atom. The second-order valence-corrected chi connectivity index (χ2v) is 5.54. The standard InChI is InChI=1S/C19H21NO3/c20-18(13-22-16-9-5-2-6-10-16)19-14-21-12-17(23-19)11-15-7-3-1-4-8-15/h1-3,5-7,9-10,12,14,18H,4,8,11,13,20H2. The summed E-state index contributed by atoms with van der Waals surface area (Å²) in [6, 6.07) is 9.21. The van der Waals surface area contributed by atoms with Gasteiger partial charge in [-0.05, 0) is 25.0 Å². The molecule has 4 heteroatoms. The molecule has 120 valence electrons. The molecule has 0 amide bonds. The van der Waals surface area contributed by atoms with Crippen molar-refractivity contribution in [1.29, 1.82) is 0 Å². The number of hydrogen-bond acceptors (Lipinski definition) is 4. The Labute approximate surface area is 136 Å². The molecule has 1 aromatic carbocycles. The van der Waals surface area contributed by atoms with Crippen molar-refractivity contribution in [2.24, 2.45) is 5.73 Å². The van der Waals surface area contributed by atoms with Crippen molar-refractivity contribution in [2.75, 3.05) is 6.61 Å². The zero-order valence-corrected chi connectivity index (χ0v) is 13.0. The first kappa shape index (κ1) is 15.4. The zero-order valence-electron chi connectivity index (χ0n) is 13.0. The molecular weight excluding hydrogens is 290 g/mol. The highest BCUT2D eigenvalue weighted by atomic mass is 16.5. The van der Waals surface area contributed by atoms with Crippen LogP contribution in [0.25, 0.3) is 0 Å². The minimum absolute atomic E-state index is 0.331. The average Bonchev–Trinajstić information content (AvgIpc) is 2.62. The van der Waals surface area contributed by atoms with Crippen LogP contribution in [-0.2, 0) is 9.47 Å². The van der Waals surface area contributed by atoms with E-state index in [0.717, 1.165) is 30.8 Å². The van der Waals surface area contributed by atoms with E-state index in [2.05, 4.69) is 18.2 Å². The third-order valence-electron chi connectivity index (χ3n) is 3.67. The summed E-state index contributed by atoms with van der Waals surface area (Å²) in [4.78, 5) is 0. The van der Waals surface area contributed by atoms with Crippen LogP contribution >= 0.6 is 0 Å². The Balaban J connectivity index is 1.51. The van der Waals surface area contributed by atoms with Gasteiger partial charge in [-0.2, -0.15) is 0 Å². The summed E-state index contributed by atoms with van der Waals surface area (Å²) in [5, 5.41) is 0. The molecule has 0 saturated heterocycles. The summed E-state index contributed by atoms with van der Waals surface area (Å²) in [5.74, 6) is 2.15. The molecule has 0 spiro atoms. The van der Waals surface area contributed by atoms with Crippen molar-refractivity contribution < 1.29 is 14.2 Å². The molecule has 0 aromatic heterocycles. The predicted octanol–water partition coefficient (Wildman–Crippen LogP) is 3.79. The molecule has 0 fully saturated rings.